The van der Waals surface area contributed by atoms with Crippen LogP contribution in [0.1, 0.15) is 49.0 Å². The number of amides is 1. The molecule has 2 heterocycles. The standard InChI is InChI=1S/C28H28N2O4/c1-2-3-9-18-34-23-15-13-21(14-16-23)26(31)24-25(20-10-5-4-6-11-20)30(28(33)27(24)32)19-22-12-7-8-17-29-22/h4-8,10-17,25,31H,2-3,9,18-19H2,1H3/b26-24+. The summed E-state index contributed by atoms with van der Waals surface area (Å²) in [5.41, 5.74) is 1.94. The number of carbonyl (C=O) groups excluding carboxylic acids is 2. The van der Waals surface area contributed by atoms with Gasteiger partial charge in [0.2, 0.25) is 0 Å². The van der Waals surface area contributed by atoms with Crippen LogP contribution in [0.2, 0.25) is 0 Å². The molecule has 174 valence electrons. The van der Waals surface area contributed by atoms with E-state index in [0.717, 1.165) is 24.8 Å². The van der Waals surface area contributed by atoms with Crippen LogP contribution in [0.4, 0.5) is 0 Å². The van der Waals surface area contributed by atoms with Crippen molar-refractivity contribution in [1.29, 1.82) is 0 Å². The molecule has 6 heteroatoms. The smallest absolute Gasteiger partial charge is 0.296 e. The molecule has 1 amide bonds. The fourth-order valence-corrected chi connectivity index (χ4v) is 4.10. The number of aliphatic hydroxyl groups excluding tert-OH is 1. The SMILES string of the molecule is CCCCCOc1ccc(/C(O)=C2\C(=O)C(=O)N(Cc3ccccn3)C2c2ccccc2)cc1. The molecule has 1 aromatic heterocycles. The molecule has 6 nitrogen and oxygen atoms in total. The van der Waals surface area contributed by atoms with Crippen LogP contribution >= 0.6 is 0 Å². The molecule has 3 aromatic rings. The molecular weight excluding hydrogens is 428 g/mol. The predicted molar refractivity (Wildman–Crippen MR) is 130 cm³/mol. The summed E-state index contributed by atoms with van der Waals surface area (Å²) in [4.78, 5) is 31.9. The minimum absolute atomic E-state index is 0.0729. The van der Waals surface area contributed by atoms with Gasteiger partial charge >= 0.3 is 0 Å². The second kappa shape index (κ2) is 10.8. The second-order valence-electron chi connectivity index (χ2n) is 8.24. The van der Waals surface area contributed by atoms with Crippen molar-refractivity contribution >= 4 is 17.4 Å². The summed E-state index contributed by atoms with van der Waals surface area (Å²) in [6, 6.07) is 20.9. The molecule has 0 bridgehead atoms. The maximum atomic E-state index is 13.1. The van der Waals surface area contributed by atoms with Gasteiger partial charge in [0.25, 0.3) is 11.7 Å². The van der Waals surface area contributed by atoms with Crippen molar-refractivity contribution in [2.75, 3.05) is 6.61 Å². The number of pyridine rings is 1. The number of ether oxygens (including phenoxy) is 1. The van der Waals surface area contributed by atoms with E-state index in [9.17, 15) is 14.7 Å². The first-order valence-electron chi connectivity index (χ1n) is 11.6. The summed E-state index contributed by atoms with van der Waals surface area (Å²) in [5, 5.41) is 11.2. The Balaban J connectivity index is 1.68. The van der Waals surface area contributed by atoms with E-state index in [1.807, 2.05) is 36.4 Å². The van der Waals surface area contributed by atoms with E-state index in [0.29, 0.717) is 23.6 Å². The van der Waals surface area contributed by atoms with E-state index in [-0.39, 0.29) is 17.9 Å². The van der Waals surface area contributed by atoms with Gasteiger partial charge in [0.1, 0.15) is 11.5 Å². The van der Waals surface area contributed by atoms with Gasteiger partial charge < -0.3 is 14.7 Å². The third-order valence-corrected chi connectivity index (χ3v) is 5.86. The average molecular weight is 457 g/mol. The van der Waals surface area contributed by atoms with E-state index >= 15 is 0 Å². The van der Waals surface area contributed by atoms with Crippen LogP contribution in [-0.4, -0.2) is 33.3 Å². The minimum atomic E-state index is -0.715. The van der Waals surface area contributed by atoms with E-state index in [2.05, 4.69) is 11.9 Å². The van der Waals surface area contributed by atoms with Crippen molar-refractivity contribution in [2.45, 2.75) is 38.8 Å². The lowest BCUT2D eigenvalue weighted by atomic mass is 9.95. The first-order chi connectivity index (χ1) is 16.6. The van der Waals surface area contributed by atoms with E-state index < -0.39 is 17.7 Å². The highest BCUT2D eigenvalue weighted by atomic mass is 16.5. The van der Waals surface area contributed by atoms with Crippen molar-refractivity contribution in [3.63, 3.8) is 0 Å². The Morgan fingerprint density at radius 1 is 0.971 bits per heavy atom. The molecule has 34 heavy (non-hydrogen) atoms. The maximum Gasteiger partial charge on any atom is 0.296 e. The largest absolute Gasteiger partial charge is 0.507 e. The number of hydrogen-bond donors (Lipinski definition) is 1. The normalized spacial score (nSPS) is 17.2. The summed E-state index contributed by atoms with van der Waals surface area (Å²) in [7, 11) is 0. The fourth-order valence-electron chi connectivity index (χ4n) is 4.10. The highest BCUT2D eigenvalue weighted by Crippen LogP contribution is 2.40. The molecule has 0 radical (unpaired) electrons. The first kappa shape index (κ1) is 23.2. The molecule has 1 fully saturated rings. The number of carbonyl (C=O) groups is 2. The van der Waals surface area contributed by atoms with Crippen LogP contribution in [0.5, 0.6) is 5.75 Å². The quantitative estimate of drug-likeness (QED) is 0.205. The highest BCUT2D eigenvalue weighted by molar-refractivity contribution is 6.46. The number of unbranched alkanes of at least 4 members (excludes halogenated alkanes) is 2. The predicted octanol–water partition coefficient (Wildman–Crippen LogP) is 5.27. The Labute approximate surface area is 199 Å². The minimum Gasteiger partial charge on any atom is -0.507 e. The van der Waals surface area contributed by atoms with Crippen LogP contribution in [0.25, 0.3) is 5.76 Å². The third-order valence-electron chi connectivity index (χ3n) is 5.86. The molecular formula is C28H28N2O4. The summed E-state index contributed by atoms with van der Waals surface area (Å²) < 4.78 is 5.75. The van der Waals surface area contributed by atoms with Crippen LogP contribution in [-0.2, 0) is 16.1 Å². The average Bonchev–Trinajstić information content (AvgIpc) is 3.12. The van der Waals surface area contributed by atoms with Gasteiger partial charge in [-0.05, 0) is 48.4 Å². The lowest BCUT2D eigenvalue weighted by Crippen LogP contribution is -2.29. The molecule has 1 N–H and O–H groups in total. The van der Waals surface area contributed by atoms with Crippen molar-refractivity contribution in [3.8, 4) is 5.75 Å². The van der Waals surface area contributed by atoms with Crippen molar-refractivity contribution < 1.29 is 19.4 Å². The van der Waals surface area contributed by atoms with Gasteiger partial charge in [0.15, 0.2) is 0 Å². The van der Waals surface area contributed by atoms with Gasteiger partial charge in [-0.15, -0.1) is 0 Å². The topological polar surface area (TPSA) is 79.7 Å². The van der Waals surface area contributed by atoms with Crippen LogP contribution in [0.15, 0.2) is 84.6 Å². The van der Waals surface area contributed by atoms with E-state index in [4.69, 9.17) is 4.74 Å². The molecule has 2 aromatic carbocycles. The lowest BCUT2D eigenvalue weighted by Gasteiger charge is -2.25. The summed E-state index contributed by atoms with van der Waals surface area (Å²) in [5.74, 6) is -0.866. The van der Waals surface area contributed by atoms with Gasteiger partial charge in [-0.25, -0.2) is 0 Å². The number of hydrogen-bond acceptors (Lipinski definition) is 5. The number of likely N-dealkylation sites (tertiary alicyclic amines) is 1. The van der Waals surface area contributed by atoms with Crippen LogP contribution < -0.4 is 4.74 Å². The van der Waals surface area contributed by atoms with E-state index in [1.165, 1.54) is 4.90 Å². The molecule has 1 saturated heterocycles. The zero-order valence-corrected chi connectivity index (χ0v) is 19.2. The Hall–Kier alpha value is -3.93. The van der Waals surface area contributed by atoms with Crippen molar-refractivity contribution in [1.82, 2.24) is 9.88 Å². The first-order valence-corrected chi connectivity index (χ1v) is 11.6. The lowest BCUT2D eigenvalue weighted by molar-refractivity contribution is -0.140. The maximum absolute atomic E-state index is 13.1. The van der Waals surface area contributed by atoms with Crippen LogP contribution in [0.3, 0.4) is 0 Å². The zero-order valence-electron chi connectivity index (χ0n) is 19.2. The number of aliphatic hydroxyl groups is 1. The number of rotatable bonds is 9. The fraction of sp³-hybridized carbons (Fsp3) is 0.250. The molecule has 0 spiro atoms. The molecule has 1 aliphatic heterocycles. The highest BCUT2D eigenvalue weighted by Gasteiger charge is 2.46. The third kappa shape index (κ3) is 5.01. The number of benzene rings is 2. The molecule has 0 saturated carbocycles. The van der Waals surface area contributed by atoms with Gasteiger partial charge in [-0.3, -0.25) is 14.6 Å². The van der Waals surface area contributed by atoms with Crippen LogP contribution in [0, 0.1) is 0 Å². The second-order valence-corrected chi connectivity index (χ2v) is 8.24. The molecule has 0 aliphatic carbocycles. The summed E-state index contributed by atoms with van der Waals surface area (Å²) in [6.07, 6.45) is 4.86. The number of ketones is 1. The van der Waals surface area contributed by atoms with Gasteiger partial charge in [-0.2, -0.15) is 0 Å². The van der Waals surface area contributed by atoms with Crippen molar-refractivity contribution in [3.05, 3.63) is 101 Å². The Morgan fingerprint density at radius 2 is 1.71 bits per heavy atom. The Kier molecular flexibility index (Phi) is 7.38. The number of nitrogens with zero attached hydrogens (tertiary/aromatic N) is 2. The molecule has 1 aliphatic rings. The number of Topliss-reactive ketones (excluding diaryl/α,β-unsaturated/α-hetero) is 1. The molecule has 1 atom stereocenters. The molecule has 1 unspecified atom stereocenters. The van der Waals surface area contributed by atoms with Gasteiger partial charge in [0, 0.05) is 11.8 Å². The van der Waals surface area contributed by atoms with Crippen molar-refractivity contribution in [2.24, 2.45) is 0 Å². The zero-order chi connectivity index (χ0) is 23.9. The van der Waals surface area contributed by atoms with Gasteiger partial charge in [0.05, 0.1) is 30.5 Å². The number of aromatic nitrogens is 1. The summed E-state index contributed by atoms with van der Waals surface area (Å²) in [6.45, 7) is 2.93. The Morgan fingerprint density at radius 3 is 2.38 bits per heavy atom. The monoisotopic (exact) mass is 456 g/mol. The van der Waals surface area contributed by atoms with Gasteiger partial charge in [-0.1, -0.05) is 56.2 Å². The van der Waals surface area contributed by atoms with E-state index in [1.54, 1.807) is 42.6 Å². The summed E-state index contributed by atoms with van der Waals surface area (Å²) >= 11 is 0. The molecule has 4 rings (SSSR count). The Bertz CT molecular complexity index is 1160.